The van der Waals surface area contributed by atoms with Crippen LogP contribution in [0.2, 0.25) is 5.02 Å². The van der Waals surface area contributed by atoms with Crippen molar-refractivity contribution in [3.63, 3.8) is 0 Å². The van der Waals surface area contributed by atoms with E-state index in [1.807, 2.05) is 82.7 Å². The van der Waals surface area contributed by atoms with Crippen LogP contribution in [0.3, 0.4) is 0 Å². The number of nitrogens with zero attached hydrogens (tertiary/aromatic N) is 6. The number of carbonyl (C=O) groups excluding carboxylic acids is 2. The number of hydrogen-bond donors (Lipinski definition) is 0. The van der Waals surface area contributed by atoms with E-state index in [0.29, 0.717) is 37.7 Å². The monoisotopic (exact) mass is 784 g/mol. The first-order valence-corrected chi connectivity index (χ1v) is 19.0. The minimum absolute atomic E-state index is 0.177. The van der Waals surface area contributed by atoms with E-state index in [1.165, 1.54) is 5.56 Å². The minimum atomic E-state index is -0.684. The maximum absolute atomic E-state index is 14.0. The molecule has 1 aliphatic carbocycles. The van der Waals surface area contributed by atoms with E-state index in [-0.39, 0.29) is 11.9 Å². The first-order chi connectivity index (χ1) is 24.9. The van der Waals surface area contributed by atoms with Crippen molar-refractivity contribution in [1.29, 1.82) is 0 Å². The van der Waals surface area contributed by atoms with Gasteiger partial charge in [0.15, 0.2) is 0 Å². The molecule has 272 valence electrons. The summed E-state index contributed by atoms with van der Waals surface area (Å²) in [5.41, 5.74) is 6.93. The van der Waals surface area contributed by atoms with E-state index in [0.717, 1.165) is 64.1 Å². The molecule has 11 heteroatoms. The Kier molecular flexibility index (Phi) is 11.7. The maximum atomic E-state index is 14.0. The second kappa shape index (κ2) is 16.2. The van der Waals surface area contributed by atoms with Gasteiger partial charge < -0.3 is 14.2 Å². The second-order valence-corrected chi connectivity index (χ2v) is 15.9. The molecular weight excluding hydrogens is 740 g/mol. The summed E-state index contributed by atoms with van der Waals surface area (Å²) < 4.78 is 8.90. The average molecular weight is 786 g/mol. The van der Waals surface area contributed by atoms with Gasteiger partial charge in [-0.3, -0.25) is 19.6 Å². The predicted molar refractivity (Wildman–Crippen MR) is 207 cm³/mol. The molecule has 2 unspecified atom stereocenters. The zero-order valence-electron chi connectivity index (χ0n) is 30.5. The minimum Gasteiger partial charge on any atom is -0.444 e. The van der Waals surface area contributed by atoms with Gasteiger partial charge in [-0.2, -0.15) is 0 Å². The van der Waals surface area contributed by atoms with Gasteiger partial charge in [-0.15, -0.1) is 0 Å². The fourth-order valence-corrected chi connectivity index (χ4v) is 7.54. The van der Waals surface area contributed by atoms with Crippen molar-refractivity contribution in [1.82, 2.24) is 29.2 Å². The Labute approximate surface area is 320 Å². The van der Waals surface area contributed by atoms with E-state index in [4.69, 9.17) is 21.3 Å². The lowest BCUT2D eigenvalue weighted by Gasteiger charge is -2.43. The van der Waals surface area contributed by atoms with Crippen LogP contribution in [0.25, 0.3) is 0 Å². The van der Waals surface area contributed by atoms with Crippen molar-refractivity contribution in [3.05, 3.63) is 116 Å². The number of piperazine rings is 1. The van der Waals surface area contributed by atoms with Crippen molar-refractivity contribution in [3.8, 4) is 11.8 Å². The highest BCUT2D eigenvalue weighted by atomic mass is 79.9. The number of benzene rings is 2. The number of aryl methyl sites for hydroxylation is 4. The van der Waals surface area contributed by atoms with E-state index in [1.54, 1.807) is 9.80 Å². The smallest absolute Gasteiger partial charge is 0.411 e. The Balaban J connectivity index is 1.30. The molecule has 2 aromatic heterocycles. The van der Waals surface area contributed by atoms with Crippen LogP contribution in [0.1, 0.15) is 72.6 Å². The van der Waals surface area contributed by atoms with E-state index >= 15 is 0 Å². The first kappa shape index (κ1) is 37.6. The third-order valence-electron chi connectivity index (χ3n) is 9.72. The standard InChI is InChI=1S/C41H46BrClN6O3/c1-28-29(2)48(27-45-28)19-9-18-46(25-30-10-7-6-8-11-30)37(50)17-15-35-26-47(20-21-49(35)40(51)52-41(3,4)5)39-36-16-14-34(43)23-31(36)12-13-32-22-33(42)24-44-38(32)39/h6-8,10-11,14,16,22-24,27,35,39H,9,12-13,18-21,25-26H2,1-5H3. The van der Waals surface area contributed by atoms with Gasteiger partial charge >= 0.3 is 6.09 Å². The fraction of sp³-hybridized carbons (Fsp3) is 0.415. The highest BCUT2D eigenvalue weighted by Gasteiger charge is 2.38. The summed E-state index contributed by atoms with van der Waals surface area (Å²) in [5.74, 6) is 5.95. The van der Waals surface area contributed by atoms with Crippen molar-refractivity contribution >= 4 is 39.5 Å². The highest BCUT2D eigenvalue weighted by Crippen LogP contribution is 2.38. The van der Waals surface area contributed by atoms with E-state index < -0.39 is 17.7 Å². The molecule has 1 aliphatic heterocycles. The molecule has 2 aliphatic rings. The molecule has 1 saturated heterocycles. The number of pyridine rings is 1. The van der Waals surface area contributed by atoms with Crippen LogP contribution in [0.4, 0.5) is 4.79 Å². The van der Waals surface area contributed by atoms with Crippen LogP contribution in [-0.2, 0) is 35.5 Å². The average Bonchev–Trinajstić information content (AvgIpc) is 3.33. The third-order valence-corrected chi connectivity index (χ3v) is 10.4. The van der Waals surface area contributed by atoms with Gasteiger partial charge in [0.05, 0.1) is 23.8 Å². The van der Waals surface area contributed by atoms with E-state index in [2.05, 4.69) is 61.3 Å². The first-order valence-electron chi connectivity index (χ1n) is 17.9. The number of ether oxygens (including phenoxy) is 1. The molecule has 1 fully saturated rings. The van der Waals surface area contributed by atoms with Crippen LogP contribution < -0.4 is 0 Å². The molecule has 0 bridgehead atoms. The predicted octanol–water partition coefficient (Wildman–Crippen LogP) is 7.54. The zero-order chi connectivity index (χ0) is 37.0. The molecule has 0 radical (unpaired) electrons. The summed E-state index contributed by atoms with van der Waals surface area (Å²) >= 11 is 10.1. The lowest BCUT2D eigenvalue weighted by Crippen LogP contribution is -2.56. The zero-order valence-corrected chi connectivity index (χ0v) is 32.9. The summed E-state index contributed by atoms with van der Waals surface area (Å²) in [6.45, 7) is 12.7. The topological polar surface area (TPSA) is 83.8 Å². The molecule has 0 N–H and O–H groups in total. The number of halogens is 2. The molecular formula is C41H46BrClN6O3. The molecule has 2 aromatic carbocycles. The molecule has 4 aromatic rings. The summed E-state index contributed by atoms with van der Waals surface area (Å²) in [6, 6.07) is 17.4. The van der Waals surface area contributed by atoms with Gasteiger partial charge in [-0.25, -0.2) is 9.78 Å². The van der Waals surface area contributed by atoms with Crippen molar-refractivity contribution in [2.45, 2.75) is 84.7 Å². The van der Waals surface area contributed by atoms with Gasteiger partial charge in [-0.1, -0.05) is 53.9 Å². The third kappa shape index (κ3) is 9.06. The van der Waals surface area contributed by atoms with E-state index in [9.17, 15) is 9.59 Å². The van der Waals surface area contributed by atoms with Gasteiger partial charge in [0.1, 0.15) is 11.6 Å². The fourth-order valence-electron chi connectivity index (χ4n) is 6.97. The molecule has 9 nitrogen and oxygen atoms in total. The van der Waals surface area contributed by atoms with Gasteiger partial charge in [0.2, 0.25) is 0 Å². The lowest BCUT2D eigenvalue weighted by atomic mass is 9.95. The van der Waals surface area contributed by atoms with Crippen LogP contribution in [0, 0.1) is 25.7 Å². The Morgan fingerprint density at radius 3 is 2.54 bits per heavy atom. The summed E-state index contributed by atoms with van der Waals surface area (Å²) in [4.78, 5) is 42.8. The Hall–Kier alpha value is -4.17. The molecule has 2 atom stereocenters. The van der Waals surface area contributed by atoms with Gasteiger partial charge in [0.25, 0.3) is 5.91 Å². The number of amides is 2. The quantitative estimate of drug-likeness (QED) is 0.180. The molecule has 6 rings (SSSR count). The summed E-state index contributed by atoms with van der Waals surface area (Å²) in [7, 11) is 0. The summed E-state index contributed by atoms with van der Waals surface area (Å²) in [6.07, 6.45) is 5.66. The van der Waals surface area contributed by atoms with Crippen molar-refractivity contribution in [2.24, 2.45) is 0 Å². The number of aromatic nitrogens is 3. The highest BCUT2D eigenvalue weighted by molar-refractivity contribution is 9.10. The molecule has 0 spiro atoms. The molecule has 3 heterocycles. The normalized spacial score (nSPS) is 17.3. The van der Waals surface area contributed by atoms with Crippen molar-refractivity contribution in [2.75, 3.05) is 26.2 Å². The van der Waals surface area contributed by atoms with Crippen LogP contribution in [0.15, 0.2) is 71.6 Å². The summed E-state index contributed by atoms with van der Waals surface area (Å²) in [5, 5.41) is 0.699. The van der Waals surface area contributed by atoms with Crippen LogP contribution >= 0.6 is 27.5 Å². The number of imidazole rings is 1. The SMILES string of the molecule is Cc1ncn(CCCN(Cc2ccccc2)C(=O)C#CC2CN(C3c4ccc(Cl)cc4CCc4cc(Br)cnc43)CCN2C(=O)OC(C)(C)C)c1C. The lowest BCUT2D eigenvalue weighted by molar-refractivity contribution is -0.125. The number of fused-ring (bicyclic) bond motifs is 2. The Bertz CT molecular complexity index is 1930. The number of carbonyl (C=O) groups is 2. The van der Waals surface area contributed by atoms with Gasteiger partial charge in [-0.05, 0) is 116 Å². The number of hydrogen-bond acceptors (Lipinski definition) is 6. The molecule has 52 heavy (non-hydrogen) atoms. The Morgan fingerprint density at radius 2 is 1.81 bits per heavy atom. The number of rotatable bonds is 7. The molecule has 2 amide bonds. The maximum Gasteiger partial charge on any atom is 0.411 e. The van der Waals surface area contributed by atoms with Crippen LogP contribution in [0.5, 0.6) is 0 Å². The van der Waals surface area contributed by atoms with Gasteiger partial charge in [0, 0.05) is 60.7 Å². The second-order valence-electron chi connectivity index (χ2n) is 14.6. The van der Waals surface area contributed by atoms with Crippen molar-refractivity contribution < 1.29 is 14.3 Å². The molecule has 0 saturated carbocycles. The Morgan fingerprint density at radius 1 is 1.04 bits per heavy atom. The van der Waals surface area contributed by atoms with Crippen LogP contribution in [-0.4, -0.2) is 79.1 Å². The largest absolute Gasteiger partial charge is 0.444 e.